The van der Waals surface area contributed by atoms with E-state index >= 15 is 0 Å². The summed E-state index contributed by atoms with van der Waals surface area (Å²) < 4.78 is 0. The molecule has 1 amide bonds. The number of hydrogen-bond acceptors (Lipinski definition) is 3. The van der Waals surface area contributed by atoms with Crippen molar-refractivity contribution < 1.29 is 9.90 Å². The molecule has 4 nitrogen and oxygen atoms in total. The average Bonchev–Trinajstić information content (AvgIpc) is 2.40. The first-order valence-electron chi connectivity index (χ1n) is 6.54. The summed E-state index contributed by atoms with van der Waals surface area (Å²) in [5, 5.41) is 12.1. The van der Waals surface area contributed by atoms with Crippen molar-refractivity contribution in [1.29, 1.82) is 0 Å². The number of carbonyl (C=O) groups is 1. The summed E-state index contributed by atoms with van der Waals surface area (Å²) in [6, 6.07) is 3.82. The Bertz CT molecular complexity index is 412. The lowest BCUT2D eigenvalue weighted by Gasteiger charge is -2.28. The number of nitrogens with one attached hydrogen (secondary N) is 1. The monoisotopic (exact) mass is 248 g/mol. The van der Waals surface area contributed by atoms with E-state index in [1.54, 1.807) is 18.3 Å². The fourth-order valence-corrected chi connectivity index (χ4v) is 2.48. The van der Waals surface area contributed by atoms with E-state index < -0.39 is 0 Å². The molecule has 1 aromatic rings. The van der Waals surface area contributed by atoms with Crippen molar-refractivity contribution in [1.82, 2.24) is 10.3 Å². The molecule has 1 fully saturated rings. The topological polar surface area (TPSA) is 62.2 Å². The number of carbonyl (C=O) groups excluding carboxylic acids is 1. The summed E-state index contributed by atoms with van der Waals surface area (Å²) in [5.74, 6) is 0.381. The summed E-state index contributed by atoms with van der Waals surface area (Å²) in [6.45, 7) is 2.11. The Morgan fingerprint density at radius 3 is 2.78 bits per heavy atom. The maximum Gasteiger partial charge on any atom is 0.253 e. The van der Waals surface area contributed by atoms with Gasteiger partial charge in [0.15, 0.2) is 0 Å². The van der Waals surface area contributed by atoms with Gasteiger partial charge < -0.3 is 10.4 Å². The van der Waals surface area contributed by atoms with Crippen LogP contribution in [0.25, 0.3) is 0 Å². The number of nitrogens with zero attached hydrogens (tertiary/aromatic N) is 1. The van der Waals surface area contributed by atoms with Gasteiger partial charge >= 0.3 is 0 Å². The van der Waals surface area contributed by atoms with E-state index in [1.165, 1.54) is 0 Å². The lowest BCUT2D eigenvalue weighted by Crippen LogP contribution is -2.38. The van der Waals surface area contributed by atoms with Crippen molar-refractivity contribution in [2.75, 3.05) is 6.61 Å². The molecule has 98 valence electrons. The number of aliphatic hydroxyl groups excluding tert-OH is 1. The lowest BCUT2D eigenvalue weighted by atomic mass is 9.86. The first-order chi connectivity index (χ1) is 8.70. The van der Waals surface area contributed by atoms with E-state index in [9.17, 15) is 4.79 Å². The van der Waals surface area contributed by atoms with Gasteiger partial charge in [0.25, 0.3) is 5.91 Å². The number of pyridine rings is 1. The predicted molar refractivity (Wildman–Crippen MR) is 69.3 cm³/mol. The summed E-state index contributed by atoms with van der Waals surface area (Å²) in [5.41, 5.74) is 1.42. The third-order valence-electron chi connectivity index (χ3n) is 3.69. The molecule has 1 saturated carbocycles. The third kappa shape index (κ3) is 3.07. The minimum Gasteiger partial charge on any atom is -0.396 e. The van der Waals surface area contributed by atoms with E-state index in [1.807, 2.05) is 6.92 Å². The molecule has 0 radical (unpaired) electrons. The van der Waals surface area contributed by atoms with Gasteiger partial charge in [-0.05, 0) is 50.7 Å². The van der Waals surface area contributed by atoms with E-state index in [0.717, 1.165) is 31.4 Å². The highest BCUT2D eigenvalue weighted by Gasteiger charge is 2.22. The third-order valence-corrected chi connectivity index (χ3v) is 3.69. The Labute approximate surface area is 107 Å². The van der Waals surface area contributed by atoms with Crippen LogP contribution in [0.5, 0.6) is 0 Å². The molecule has 2 rings (SSSR count). The van der Waals surface area contributed by atoms with Crippen LogP contribution in [0.2, 0.25) is 0 Å². The lowest BCUT2D eigenvalue weighted by molar-refractivity contribution is 0.0913. The zero-order valence-electron chi connectivity index (χ0n) is 10.7. The first-order valence-corrected chi connectivity index (χ1v) is 6.54. The first kappa shape index (κ1) is 13.0. The summed E-state index contributed by atoms with van der Waals surface area (Å²) in [7, 11) is 0. The number of aromatic nitrogens is 1. The summed E-state index contributed by atoms with van der Waals surface area (Å²) in [4.78, 5) is 16.2. The zero-order valence-corrected chi connectivity index (χ0v) is 10.7. The normalized spacial score (nSPS) is 23.7. The number of aliphatic hydroxyl groups is 1. The largest absolute Gasteiger partial charge is 0.396 e. The molecule has 0 spiro atoms. The Kier molecular flexibility index (Phi) is 4.31. The minimum absolute atomic E-state index is 0.0342. The van der Waals surface area contributed by atoms with Gasteiger partial charge in [0.05, 0.1) is 5.56 Å². The highest BCUT2D eigenvalue weighted by atomic mass is 16.3. The maximum atomic E-state index is 12.1. The SMILES string of the molecule is Cc1ncccc1C(=O)NC1CCC(CO)CC1. The van der Waals surface area contributed by atoms with Crippen molar-refractivity contribution in [2.45, 2.75) is 38.6 Å². The van der Waals surface area contributed by atoms with Gasteiger partial charge in [-0.3, -0.25) is 9.78 Å². The minimum atomic E-state index is -0.0342. The fraction of sp³-hybridized carbons (Fsp3) is 0.571. The second-order valence-corrected chi connectivity index (χ2v) is 5.01. The van der Waals surface area contributed by atoms with Crippen molar-refractivity contribution >= 4 is 5.91 Å². The van der Waals surface area contributed by atoms with Gasteiger partial charge in [-0.2, -0.15) is 0 Å². The summed E-state index contributed by atoms with van der Waals surface area (Å²) >= 11 is 0. The molecule has 1 aliphatic rings. The molecule has 0 bridgehead atoms. The number of amides is 1. The van der Waals surface area contributed by atoms with E-state index in [-0.39, 0.29) is 18.6 Å². The van der Waals surface area contributed by atoms with Crippen LogP contribution in [0.3, 0.4) is 0 Å². The second kappa shape index (κ2) is 5.96. The van der Waals surface area contributed by atoms with Crippen LogP contribution in [-0.4, -0.2) is 28.6 Å². The fourth-order valence-electron chi connectivity index (χ4n) is 2.48. The Hall–Kier alpha value is -1.42. The van der Waals surface area contributed by atoms with Crippen LogP contribution in [0, 0.1) is 12.8 Å². The Balaban J connectivity index is 1.91. The highest BCUT2D eigenvalue weighted by Crippen LogP contribution is 2.23. The number of aryl methyl sites for hydroxylation is 1. The molecule has 4 heteroatoms. The van der Waals surface area contributed by atoms with Crippen LogP contribution >= 0.6 is 0 Å². The summed E-state index contributed by atoms with van der Waals surface area (Å²) in [6.07, 6.45) is 5.59. The molecule has 0 unspecified atom stereocenters. The Morgan fingerprint density at radius 1 is 1.44 bits per heavy atom. The van der Waals surface area contributed by atoms with Gasteiger partial charge in [0.1, 0.15) is 0 Å². The van der Waals surface area contributed by atoms with Crippen LogP contribution in [0.15, 0.2) is 18.3 Å². The van der Waals surface area contributed by atoms with Gasteiger partial charge in [-0.1, -0.05) is 0 Å². The molecule has 0 atom stereocenters. The molecule has 1 aliphatic carbocycles. The van der Waals surface area contributed by atoms with Crippen LogP contribution in [0.1, 0.15) is 41.7 Å². The second-order valence-electron chi connectivity index (χ2n) is 5.01. The average molecular weight is 248 g/mol. The zero-order chi connectivity index (χ0) is 13.0. The molecule has 2 N–H and O–H groups in total. The maximum absolute atomic E-state index is 12.1. The number of hydrogen-bond donors (Lipinski definition) is 2. The molecular weight excluding hydrogens is 228 g/mol. The molecule has 18 heavy (non-hydrogen) atoms. The Morgan fingerprint density at radius 2 is 2.17 bits per heavy atom. The molecule has 0 aliphatic heterocycles. The van der Waals surface area contributed by atoms with Gasteiger partial charge in [-0.25, -0.2) is 0 Å². The smallest absolute Gasteiger partial charge is 0.253 e. The highest BCUT2D eigenvalue weighted by molar-refractivity contribution is 5.95. The quantitative estimate of drug-likeness (QED) is 0.855. The van der Waals surface area contributed by atoms with Crippen LogP contribution in [0.4, 0.5) is 0 Å². The van der Waals surface area contributed by atoms with Gasteiger partial charge in [0.2, 0.25) is 0 Å². The predicted octanol–water partition coefficient (Wildman–Crippen LogP) is 1.67. The van der Waals surface area contributed by atoms with E-state index in [2.05, 4.69) is 10.3 Å². The van der Waals surface area contributed by atoms with E-state index in [4.69, 9.17) is 5.11 Å². The van der Waals surface area contributed by atoms with Crippen LogP contribution in [-0.2, 0) is 0 Å². The number of rotatable bonds is 3. The van der Waals surface area contributed by atoms with Crippen molar-refractivity contribution in [2.24, 2.45) is 5.92 Å². The molecular formula is C14H20N2O2. The van der Waals surface area contributed by atoms with Crippen molar-refractivity contribution in [3.63, 3.8) is 0 Å². The van der Waals surface area contributed by atoms with Crippen molar-refractivity contribution in [3.05, 3.63) is 29.6 Å². The van der Waals surface area contributed by atoms with Gasteiger partial charge in [-0.15, -0.1) is 0 Å². The molecule has 0 aromatic carbocycles. The standard InChI is InChI=1S/C14H20N2O2/c1-10-13(3-2-8-15-10)14(18)16-12-6-4-11(9-17)5-7-12/h2-3,8,11-12,17H,4-7,9H2,1H3,(H,16,18). The molecule has 1 heterocycles. The van der Waals surface area contributed by atoms with Crippen molar-refractivity contribution in [3.8, 4) is 0 Å². The van der Waals surface area contributed by atoms with E-state index in [0.29, 0.717) is 11.5 Å². The van der Waals surface area contributed by atoms with Crippen LogP contribution < -0.4 is 5.32 Å². The molecule has 1 aromatic heterocycles. The molecule has 0 saturated heterocycles. The van der Waals surface area contributed by atoms with Gasteiger partial charge in [0, 0.05) is 24.5 Å².